The molecule has 1 aliphatic heterocycles. The van der Waals surface area contributed by atoms with Crippen molar-refractivity contribution in [2.24, 2.45) is 5.73 Å². The van der Waals surface area contributed by atoms with E-state index in [9.17, 15) is 0 Å². The lowest BCUT2D eigenvalue weighted by Gasteiger charge is -1.55. The Morgan fingerprint density at radius 3 is 2.50 bits per heavy atom. The topological polar surface area (TPSA) is 38.5 Å². The van der Waals surface area contributed by atoms with Crippen LogP contribution >= 0.6 is 0 Å². The Kier molecular flexibility index (Phi) is 0.601. The molecule has 0 saturated carbocycles. The predicted molar refractivity (Wildman–Crippen MR) is 22.8 cm³/mol. The van der Waals surface area contributed by atoms with Crippen LogP contribution in [-0.4, -0.2) is 6.23 Å². The Hall–Kier alpha value is -0.500. The summed E-state index contributed by atoms with van der Waals surface area (Å²) in [5, 5.41) is 0. The molecule has 2 nitrogen and oxygen atoms in total. The van der Waals surface area contributed by atoms with E-state index >= 15 is 0 Å². The SMILES string of the molecule is C/C=C1/OC1N. The van der Waals surface area contributed by atoms with Crippen molar-refractivity contribution in [3.05, 3.63) is 11.8 Å². The molecule has 0 aromatic carbocycles. The molecule has 0 aromatic heterocycles. The number of hydrogen-bond donors (Lipinski definition) is 1. The molecule has 1 fully saturated rings. The van der Waals surface area contributed by atoms with Gasteiger partial charge in [-0.15, -0.1) is 0 Å². The van der Waals surface area contributed by atoms with Gasteiger partial charge in [0.05, 0.1) is 0 Å². The van der Waals surface area contributed by atoms with Gasteiger partial charge in [0.25, 0.3) is 0 Å². The van der Waals surface area contributed by atoms with Crippen LogP contribution in [0, 0.1) is 0 Å². The predicted octanol–water partition coefficient (Wildman–Crippen LogP) is 0.205. The van der Waals surface area contributed by atoms with Gasteiger partial charge >= 0.3 is 0 Å². The number of nitrogens with two attached hydrogens (primary N) is 1. The molecule has 0 aromatic rings. The zero-order chi connectivity index (χ0) is 4.57. The van der Waals surface area contributed by atoms with Gasteiger partial charge in [0.15, 0.2) is 5.76 Å². The summed E-state index contributed by atoms with van der Waals surface area (Å²) in [6.45, 7) is 1.90. The first kappa shape index (κ1) is 3.68. The fourth-order valence-corrected chi connectivity index (χ4v) is 0.345. The lowest BCUT2D eigenvalue weighted by Crippen LogP contribution is -1.96. The van der Waals surface area contributed by atoms with Crippen LogP contribution in [0.15, 0.2) is 11.8 Å². The average molecular weight is 85.1 g/mol. The molecule has 2 N–H and O–H groups in total. The van der Waals surface area contributed by atoms with Gasteiger partial charge in [-0.05, 0) is 13.0 Å². The summed E-state index contributed by atoms with van der Waals surface area (Å²) in [7, 11) is 0. The normalized spacial score (nSPS) is 36.3. The molecule has 1 saturated heterocycles. The third kappa shape index (κ3) is 0.389. The Morgan fingerprint density at radius 2 is 2.50 bits per heavy atom. The Morgan fingerprint density at radius 1 is 2.00 bits per heavy atom. The molecule has 34 valence electrons. The van der Waals surface area contributed by atoms with Crippen LogP contribution in [0.2, 0.25) is 0 Å². The minimum absolute atomic E-state index is 0.0741. The maximum atomic E-state index is 5.19. The zero-order valence-corrected chi connectivity index (χ0v) is 3.64. The second-order valence-corrected chi connectivity index (χ2v) is 1.23. The van der Waals surface area contributed by atoms with Gasteiger partial charge in [-0.2, -0.15) is 0 Å². The molecule has 1 rings (SSSR count). The largest absolute Gasteiger partial charge is 0.467 e. The van der Waals surface area contributed by atoms with E-state index in [4.69, 9.17) is 10.5 Å². The molecule has 6 heavy (non-hydrogen) atoms. The molecule has 0 aliphatic carbocycles. The van der Waals surface area contributed by atoms with Crippen molar-refractivity contribution in [1.82, 2.24) is 0 Å². The van der Waals surface area contributed by atoms with Crippen LogP contribution < -0.4 is 5.73 Å². The first-order valence-corrected chi connectivity index (χ1v) is 1.93. The highest BCUT2D eigenvalue weighted by atomic mass is 16.6. The molecule has 0 amide bonds. The van der Waals surface area contributed by atoms with Gasteiger partial charge in [0.1, 0.15) is 0 Å². The monoisotopic (exact) mass is 85.1 g/mol. The standard InChI is InChI=1S/C4H7NO/c1-2-3-4(5)6-3/h2,4H,5H2,1H3/b3-2+. The lowest BCUT2D eigenvalue weighted by molar-refractivity contribution is 0.435. The summed E-state index contributed by atoms with van der Waals surface area (Å²) in [6.07, 6.45) is 1.79. The lowest BCUT2D eigenvalue weighted by atomic mass is 10.5. The van der Waals surface area contributed by atoms with Crippen LogP contribution in [0.4, 0.5) is 0 Å². The third-order valence-electron chi connectivity index (χ3n) is 0.771. The maximum absolute atomic E-state index is 5.19. The average Bonchev–Trinajstić information content (AvgIpc) is 2.19. The van der Waals surface area contributed by atoms with E-state index in [1.165, 1.54) is 0 Å². The smallest absolute Gasteiger partial charge is 0.205 e. The van der Waals surface area contributed by atoms with E-state index in [1.807, 2.05) is 13.0 Å². The van der Waals surface area contributed by atoms with Crippen molar-refractivity contribution in [2.75, 3.05) is 0 Å². The van der Waals surface area contributed by atoms with E-state index in [0.717, 1.165) is 5.76 Å². The van der Waals surface area contributed by atoms with Crippen molar-refractivity contribution >= 4 is 0 Å². The Labute approximate surface area is 36.6 Å². The molecule has 1 heterocycles. The second kappa shape index (κ2) is 0.980. The molecule has 0 bridgehead atoms. The molecular weight excluding hydrogens is 78.1 g/mol. The summed E-state index contributed by atoms with van der Waals surface area (Å²) in [6, 6.07) is 0. The highest BCUT2D eigenvalue weighted by Crippen LogP contribution is 2.19. The van der Waals surface area contributed by atoms with Crippen LogP contribution in [0.3, 0.4) is 0 Å². The number of allylic oxidation sites excluding steroid dienone is 1. The highest BCUT2D eigenvalue weighted by molar-refractivity contribution is 5.08. The third-order valence-corrected chi connectivity index (χ3v) is 0.771. The molecule has 0 spiro atoms. The summed E-state index contributed by atoms with van der Waals surface area (Å²) in [4.78, 5) is 0. The van der Waals surface area contributed by atoms with Crippen LogP contribution in [-0.2, 0) is 4.74 Å². The number of ether oxygens (including phenoxy) is 1. The fraction of sp³-hybridized carbons (Fsp3) is 0.500. The van der Waals surface area contributed by atoms with Crippen LogP contribution in [0.25, 0.3) is 0 Å². The second-order valence-electron chi connectivity index (χ2n) is 1.23. The first-order valence-electron chi connectivity index (χ1n) is 1.93. The molecule has 1 atom stereocenters. The fourth-order valence-electron chi connectivity index (χ4n) is 0.345. The summed E-state index contributed by atoms with van der Waals surface area (Å²) < 4.78 is 4.70. The van der Waals surface area contributed by atoms with Gasteiger partial charge in [0.2, 0.25) is 6.23 Å². The quantitative estimate of drug-likeness (QED) is 0.427. The number of rotatable bonds is 0. The van der Waals surface area contributed by atoms with Crippen molar-refractivity contribution in [2.45, 2.75) is 13.2 Å². The zero-order valence-electron chi connectivity index (χ0n) is 3.64. The van der Waals surface area contributed by atoms with E-state index in [2.05, 4.69) is 0 Å². The minimum Gasteiger partial charge on any atom is -0.467 e. The van der Waals surface area contributed by atoms with Crippen molar-refractivity contribution in [3.8, 4) is 0 Å². The number of hydrogen-bond acceptors (Lipinski definition) is 2. The Bertz CT molecular complexity index is 87.5. The minimum atomic E-state index is -0.0741. The van der Waals surface area contributed by atoms with E-state index in [0.29, 0.717) is 0 Å². The van der Waals surface area contributed by atoms with Gasteiger partial charge in [-0.1, -0.05) is 0 Å². The van der Waals surface area contributed by atoms with Gasteiger partial charge in [-0.3, -0.25) is 5.73 Å². The van der Waals surface area contributed by atoms with Crippen molar-refractivity contribution in [3.63, 3.8) is 0 Å². The Balaban J connectivity index is 2.44. The molecule has 1 unspecified atom stereocenters. The summed E-state index contributed by atoms with van der Waals surface area (Å²) in [5.41, 5.74) is 5.19. The molecule has 0 radical (unpaired) electrons. The highest BCUT2D eigenvalue weighted by Gasteiger charge is 2.25. The van der Waals surface area contributed by atoms with Gasteiger partial charge in [0, 0.05) is 0 Å². The first-order chi connectivity index (χ1) is 2.84. The van der Waals surface area contributed by atoms with Crippen LogP contribution in [0.1, 0.15) is 6.92 Å². The summed E-state index contributed by atoms with van der Waals surface area (Å²) in [5.74, 6) is 0.912. The van der Waals surface area contributed by atoms with Crippen molar-refractivity contribution < 1.29 is 4.74 Å². The van der Waals surface area contributed by atoms with Gasteiger partial charge in [-0.25, -0.2) is 0 Å². The molecule has 2 heteroatoms. The van der Waals surface area contributed by atoms with E-state index in [-0.39, 0.29) is 6.23 Å². The van der Waals surface area contributed by atoms with E-state index in [1.54, 1.807) is 0 Å². The van der Waals surface area contributed by atoms with Crippen LogP contribution in [0.5, 0.6) is 0 Å². The van der Waals surface area contributed by atoms with E-state index < -0.39 is 0 Å². The van der Waals surface area contributed by atoms with Crippen molar-refractivity contribution in [1.29, 1.82) is 0 Å². The summed E-state index contributed by atoms with van der Waals surface area (Å²) >= 11 is 0. The molecular formula is C4H7NO. The number of epoxide rings is 1. The molecule has 1 aliphatic rings. The van der Waals surface area contributed by atoms with Gasteiger partial charge < -0.3 is 4.74 Å². The maximum Gasteiger partial charge on any atom is 0.205 e.